The third kappa shape index (κ3) is 20.1. The van der Waals surface area contributed by atoms with Crippen molar-refractivity contribution in [2.24, 2.45) is 0 Å². The summed E-state index contributed by atoms with van der Waals surface area (Å²) in [6.07, 6.45) is 1.16. The van der Waals surface area contributed by atoms with Crippen LogP contribution in [0.25, 0.3) is 11.0 Å². The first-order valence-corrected chi connectivity index (χ1v) is 18.7. The van der Waals surface area contributed by atoms with Gasteiger partial charge in [0, 0.05) is 19.5 Å². The topological polar surface area (TPSA) is 189 Å². The van der Waals surface area contributed by atoms with Crippen molar-refractivity contribution < 1.29 is 52.6 Å². The summed E-state index contributed by atoms with van der Waals surface area (Å²) in [6.45, 7) is 9.61. The number of aromatic nitrogens is 2. The number of benzene rings is 2. The first-order valence-electron chi connectivity index (χ1n) is 18.7. The Morgan fingerprint density at radius 1 is 0.709 bits per heavy atom. The second-order valence-corrected chi connectivity index (χ2v) is 12.4. The van der Waals surface area contributed by atoms with Crippen molar-refractivity contribution in [1.29, 1.82) is 0 Å². The van der Waals surface area contributed by atoms with Crippen molar-refractivity contribution in [2.75, 3.05) is 126 Å². The number of nitrogens with one attached hydrogen (secondary N) is 2. The number of hydrogen-bond donors (Lipinski definition) is 3. The van der Waals surface area contributed by atoms with Crippen LogP contribution < -0.4 is 10.9 Å². The molecule has 1 heterocycles. The molecule has 0 aliphatic rings. The van der Waals surface area contributed by atoms with Crippen molar-refractivity contribution in [3.63, 3.8) is 0 Å². The van der Waals surface area contributed by atoms with Gasteiger partial charge in [0.1, 0.15) is 5.75 Å². The highest BCUT2D eigenvalue weighted by Crippen LogP contribution is 2.11. The minimum Gasteiger partial charge on any atom is -0.508 e. The zero-order valence-electron chi connectivity index (χ0n) is 32.2. The molecule has 1 aromatic heterocycles. The van der Waals surface area contributed by atoms with Gasteiger partial charge in [-0.15, -0.1) is 0 Å². The monoisotopic (exact) mass is 774 g/mol. The Kier molecular flexibility index (Phi) is 23.6. The van der Waals surface area contributed by atoms with Crippen molar-refractivity contribution in [2.45, 2.75) is 25.8 Å². The second-order valence-electron chi connectivity index (χ2n) is 12.4. The molecule has 0 aliphatic carbocycles. The maximum Gasteiger partial charge on any atom is 0.280 e. The number of Topliss-reactive ketones (excluding diaryl/α,β-unsaturated/α-hetero) is 1. The minimum absolute atomic E-state index is 0.139. The summed E-state index contributed by atoms with van der Waals surface area (Å²) in [5.41, 5.74) is 1.51. The highest BCUT2D eigenvalue weighted by molar-refractivity contribution is 5.93. The normalized spacial score (nSPS) is 12.1. The maximum atomic E-state index is 12.5. The summed E-state index contributed by atoms with van der Waals surface area (Å²) >= 11 is 0. The van der Waals surface area contributed by atoms with E-state index >= 15 is 0 Å². The average molecular weight is 775 g/mol. The molecular formula is C39H58N4O12. The number of likely N-dealkylation sites (N-methyl/N-ethyl adjacent to an activating group) is 1. The third-order valence-corrected chi connectivity index (χ3v) is 8.26. The Bertz CT molecular complexity index is 1540. The molecule has 0 radical (unpaired) electrons. The molecule has 0 aliphatic heterocycles. The standard InChI is InChI=1S/C39H58N4O12/c1-31(43(2)14-11-32-7-9-33(44)10-8-32)36(45)12-15-48-17-19-50-21-23-52-25-27-54-29-30-55-28-26-53-24-22-51-20-18-49-16-13-40-38(46)37-39(47)42-35-6-4-3-5-34(35)41-37/h3-10,31,44H,11-30H2,1-2H3,(H,40,46)(H,42,47). The molecule has 0 saturated heterocycles. The number of aromatic amines is 1. The first-order chi connectivity index (χ1) is 26.8. The number of rotatable bonds is 33. The Labute approximate surface area is 322 Å². The number of phenolic OH excluding ortho intramolecular Hbond substituents is 1. The number of hydrogen-bond acceptors (Lipinski definition) is 14. The van der Waals surface area contributed by atoms with Crippen LogP contribution in [0.4, 0.5) is 0 Å². The minimum atomic E-state index is -0.554. The lowest BCUT2D eigenvalue weighted by Gasteiger charge is -2.23. The molecule has 1 unspecified atom stereocenters. The zero-order valence-corrected chi connectivity index (χ0v) is 32.2. The largest absolute Gasteiger partial charge is 0.508 e. The molecule has 1 atom stereocenters. The molecule has 3 N–H and O–H groups in total. The van der Waals surface area contributed by atoms with E-state index in [9.17, 15) is 19.5 Å². The van der Waals surface area contributed by atoms with Crippen LogP contribution in [0.15, 0.2) is 53.3 Å². The molecule has 3 rings (SSSR count). The van der Waals surface area contributed by atoms with E-state index in [0.29, 0.717) is 117 Å². The predicted molar refractivity (Wildman–Crippen MR) is 205 cm³/mol. The van der Waals surface area contributed by atoms with Crippen LogP contribution in [0.1, 0.15) is 29.4 Å². The van der Waals surface area contributed by atoms with Crippen LogP contribution in [0, 0.1) is 0 Å². The van der Waals surface area contributed by atoms with Crippen LogP contribution in [-0.2, 0) is 49.1 Å². The number of aromatic hydroxyl groups is 1. The van der Waals surface area contributed by atoms with Crippen molar-refractivity contribution in [1.82, 2.24) is 20.2 Å². The van der Waals surface area contributed by atoms with Crippen LogP contribution in [0.2, 0.25) is 0 Å². The van der Waals surface area contributed by atoms with Gasteiger partial charge in [-0.2, -0.15) is 0 Å². The Hall–Kier alpha value is -3.84. The number of carbonyl (C=O) groups is 2. The van der Waals surface area contributed by atoms with Crippen LogP contribution in [0.3, 0.4) is 0 Å². The highest BCUT2D eigenvalue weighted by atomic mass is 16.6. The quantitative estimate of drug-likeness (QED) is 0.0763. The summed E-state index contributed by atoms with van der Waals surface area (Å²) in [5.74, 6) is -0.166. The molecule has 0 fully saturated rings. The maximum absolute atomic E-state index is 12.5. The number of ketones is 1. The van der Waals surface area contributed by atoms with Gasteiger partial charge in [-0.05, 0) is 50.2 Å². The van der Waals surface area contributed by atoms with Gasteiger partial charge >= 0.3 is 0 Å². The molecule has 16 heteroatoms. The highest BCUT2D eigenvalue weighted by Gasteiger charge is 2.17. The molecule has 2 aromatic carbocycles. The molecule has 55 heavy (non-hydrogen) atoms. The predicted octanol–water partition coefficient (Wildman–Crippen LogP) is 2.01. The number of ether oxygens (including phenoxy) is 8. The van der Waals surface area contributed by atoms with Gasteiger partial charge in [-0.1, -0.05) is 24.3 Å². The van der Waals surface area contributed by atoms with Gasteiger partial charge in [0.25, 0.3) is 11.5 Å². The molecule has 1 amide bonds. The van der Waals surface area contributed by atoms with E-state index in [1.165, 1.54) is 0 Å². The summed E-state index contributed by atoms with van der Waals surface area (Å²) in [4.78, 5) is 45.7. The zero-order chi connectivity index (χ0) is 39.4. The number of nitrogens with zero attached hydrogens (tertiary/aromatic N) is 2. The van der Waals surface area contributed by atoms with E-state index in [-0.39, 0.29) is 36.4 Å². The van der Waals surface area contributed by atoms with Crippen LogP contribution in [0.5, 0.6) is 5.75 Å². The number of carbonyl (C=O) groups excluding carboxylic acids is 2. The third-order valence-electron chi connectivity index (χ3n) is 8.26. The van der Waals surface area contributed by atoms with Gasteiger partial charge in [-0.3, -0.25) is 19.3 Å². The Morgan fingerprint density at radius 2 is 1.18 bits per heavy atom. The fourth-order valence-electron chi connectivity index (χ4n) is 4.93. The van der Waals surface area contributed by atoms with Crippen LogP contribution >= 0.6 is 0 Å². The summed E-state index contributed by atoms with van der Waals surface area (Å²) in [6, 6.07) is 13.9. The van der Waals surface area contributed by atoms with Crippen molar-refractivity contribution in [3.05, 3.63) is 70.1 Å². The van der Waals surface area contributed by atoms with Crippen molar-refractivity contribution >= 4 is 22.7 Å². The van der Waals surface area contributed by atoms with E-state index < -0.39 is 11.5 Å². The fraction of sp³-hybridized carbons (Fsp3) is 0.590. The van der Waals surface area contributed by atoms with E-state index in [2.05, 4.69) is 15.3 Å². The summed E-state index contributed by atoms with van der Waals surface area (Å²) in [7, 11) is 1.94. The van der Waals surface area contributed by atoms with Crippen molar-refractivity contribution in [3.8, 4) is 5.75 Å². The molecule has 0 bridgehead atoms. The second kappa shape index (κ2) is 28.6. The number of amides is 1. The number of H-pyrrole nitrogens is 1. The molecule has 306 valence electrons. The molecule has 3 aromatic rings. The molecular weight excluding hydrogens is 716 g/mol. The molecule has 16 nitrogen and oxygen atoms in total. The fourth-order valence-corrected chi connectivity index (χ4v) is 4.93. The van der Waals surface area contributed by atoms with E-state index in [1.807, 2.05) is 31.0 Å². The van der Waals surface area contributed by atoms with Gasteiger partial charge in [0.05, 0.1) is 123 Å². The van der Waals surface area contributed by atoms with Gasteiger partial charge < -0.3 is 53.3 Å². The lowest BCUT2D eigenvalue weighted by Crippen LogP contribution is -2.37. The molecule has 0 saturated carbocycles. The van der Waals surface area contributed by atoms with E-state index in [4.69, 9.17) is 37.9 Å². The number of fused-ring (bicyclic) bond motifs is 1. The van der Waals surface area contributed by atoms with Gasteiger partial charge in [-0.25, -0.2) is 4.98 Å². The van der Waals surface area contributed by atoms with E-state index in [1.54, 1.807) is 36.4 Å². The SMILES string of the molecule is CC(C(=O)CCOCCOCCOCCOCCOCCOCCOCCOCCNC(=O)c1nc2ccccc2[nH]c1=O)N(C)CCc1ccc(O)cc1. The number of phenols is 1. The average Bonchev–Trinajstić information content (AvgIpc) is 3.19. The van der Waals surface area contributed by atoms with Gasteiger partial charge in [0.15, 0.2) is 11.5 Å². The first kappa shape index (κ1) is 45.5. The smallest absolute Gasteiger partial charge is 0.280 e. The molecule has 0 spiro atoms. The summed E-state index contributed by atoms with van der Waals surface area (Å²) < 4.78 is 43.9. The van der Waals surface area contributed by atoms with Crippen LogP contribution in [-0.4, -0.2) is 164 Å². The van der Waals surface area contributed by atoms with Gasteiger partial charge in [0.2, 0.25) is 0 Å². The lowest BCUT2D eigenvalue weighted by atomic mass is 10.1. The Morgan fingerprint density at radius 3 is 1.71 bits per heavy atom. The van der Waals surface area contributed by atoms with E-state index in [0.717, 1.165) is 18.5 Å². The number of para-hydroxylation sites is 2. The Balaban J connectivity index is 0.976. The summed E-state index contributed by atoms with van der Waals surface area (Å²) in [5, 5.41) is 12.0. The lowest BCUT2D eigenvalue weighted by molar-refractivity contribution is -0.124.